The van der Waals surface area contributed by atoms with Crippen LogP contribution in [0.5, 0.6) is 5.75 Å². The summed E-state index contributed by atoms with van der Waals surface area (Å²) in [7, 11) is 1.60. The molecule has 2 heterocycles. The monoisotopic (exact) mass is 435 g/mol. The summed E-state index contributed by atoms with van der Waals surface area (Å²) in [6, 6.07) is 8.59. The molecule has 166 valence electrons. The molecule has 0 radical (unpaired) electrons. The maximum Gasteiger partial charge on any atom is 0.435 e. The number of benzene rings is 1. The molecule has 0 unspecified atom stereocenters. The number of carbonyl (C=O) groups is 1. The summed E-state index contributed by atoms with van der Waals surface area (Å²) in [5.74, 6) is 0.422. The van der Waals surface area contributed by atoms with Gasteiger partial charge in [-0.25, -0.2) is 0 Å². The molecule has 10 heteroatoms. The SMILES string of the molecule is COc1cccc(Cn2nc(C)c(NC(=O)CCn3nc(C(F)(F)F)cc3C)c2C)c1. The van der Waals surface area contributed by atoms with Crippen molar-refractivity contribution >= 4 is 11.6 Å². The van der Waals surface area contributed by atoms with E-state index in [1.165, 1.54) is 11.6 Å². The van der Waals surface area contributed by atoms with Crippen LogP contribution in [0.25, 0.3) is 0 Å². The first-order valence-corrected chi connectivity index (χ1v) is 9.67. The van der Waals surface area contributed by atoms with Crippen molar-refractivity contribution in [1.82, 2.24) is 19.6 Å². The van der Waals surface area contributed by atoms with Gasteiger partial charge in [0.1, 0.15) is 5.75 Å². The number of halogens is 3. The summed E-state index contributed by atoms with van der Waals surface area (Å²) in [4.78, 5) is 12.4. The van der Waals surface area contributed by atoms with Gasteiger partial charge in [0, 0.05) is 18.7 Å². The van der Waals surface area contributed by atoms with Crippen LogP contribution in [-0.4, -0.2) is 32.6 Å². The molecule has 0 bridgehead atoms. The van der Waals surface area contributed by atoms with Crippen LogP contribution in [0.3, 0.4) is 0 Å². The van der Waals surface area contributed by atoms with Gasteiger partial charge in [-0.05, 0) is 44.5 Å². The highest BCUT2D eigenvalue weighted by Crippen LogP contribution is 2.28. The summed E-state index contributed by atoms with van der Waals surface area (Å²) in [6.07, 6.45) is -4.52. The van der Waals surface area contributed by atoms with E-state index in [0.29, 0.717) is 23.6 Å². The predicted octanol–water partition coefficient (Wildman–Crippen LogP) is 4.11. The summed E-state index contributed by atoms with van der Waals surface area (Å²) in [6.45, 7) is 5.72. The molecule has 0 aliphatic carbocycles. The van der Waals surface area contributed by atoms with Gasteiger partial charge in [0.2, 0.25) is 5.91 Å². The third-order valence-corrected chi connectivity index (χ3v) is 4.93. The van der Waals surface area contributed by atoms with Crippen LogP contribution in [0.15, 0.2) is 30.3 Å². The van der Waals surface area contributed by atoms with Crippen LogP contribution in [-0.2, 0) is 24.1 Å². The molecule has 31 heavy (non-hydrogen) atoms. The van der Waals surface area contributed by atoms with E-state index in [1.54, 1.807) is 18.7 Å². The predicted molar refractivity (Wildman–Crippen MR) is 109 cm³/mol. The van der Waals surface area contributed by atoms with Crippen molar-refractivity contribution in [3.05, 3.63) is 58.7 Å². The third kappa shape index (κ3) is 5.25. The minimum absolute atomic E-state index is 0.0141. The molecule has 1 amide bonds. The van der Waals surface area contributed by atoms with Crippen molar-refractivity contribution in [3.8, 4) is 5.75 Å². The number of carbonyl (C=O) groups excluding carboxylic acids is 1. The number of rotatable bonds is 7. The average Bonchev–Trinajstić information content (AvgIpc) is 3.21. The molecule has 7 nitrogen and oxygen atoms in total. The number of amides is 1. The Labute approximate surface area is 177 Å². The Balaban J connectivity index is 1.66. The minimum atomic E-state index is -4.51. The van der Waals surface area contributed by atoms with Crippen LogP contribution in [0.4, 0.5) is 18.9 Å². The van der Waals surface area contributed by atoms with Crippen LogP contribution in [0, 0.1) is 20.8 Å². The standard InChI is InChI=1S/C21H24F3N5O2/c1-13-10-18(21(22,23)24)27-28(13)9-8-19(30)25-20-14(2)26-29(15(20)3)12-16-6-5-7-17(11-16)31-4/h5-7,10-11H,8-9,12H2,1-4H3,(H,25,30). The van der Waals surface area contributed by atoms with Crippen LogP contribution in [0.1, 0.15) is 34.8 Å². The number of aromatic nitrogens is 4. The zero-order valence-electron chi connectivity index (χ0n) is 17.7. The zero-order chi connectivity index (χ0) is 22.8. The molecule has 3 aromatic rings. The number of methoxy groups -OCH3 is 1. The summed E-state index contributed by atoms with van der Waals surface area (Å²) < 4.78 is 46.6. The highest BCUT2D eigenvalue weighted by molar-refractivity contribution is 5.91. The van der Waals surface area contributed by atoms with Crippen LogP contribution >= 0.6 is 0 Å². The number of ether oxygens (including phenoxy) is 1. The highest BCUT2D eigenvalue weighted by atomic mass is 19.4. The maximum atomic E-state index is 12.8. The van der Waals surface area contributed by atoms with Crippen molar-refractivity contribution in [1.29, 1.82) is 0 Å². The van der Waals surface area contributed by atoms with Gasteiger partial charge in [-0.1, -0.05) is 12.1 Å². The second kappa shape index (κ2) is 8.83. The molecule has 2 aromatic heterocycles. The highest BCUT2D eigenvalue weighted by Gasteiger charge is 2.34. The number of alkyl halides is 3. The number of nitrogens with one attached hydrogen (secondary N) is 1. The molecule has 0 aliphatic heterocycles. The molecular weight excluding hydrogens is 411 g/mol. The third-order valence-electron chi connectivity index (χ3n) is 4.93. The van der Waals surface area contributed by atoms with Crippen molar-refractivity contribution in [2.24, 2.45) is 0 Å². The van der Waals surface area contributed by atoms with Crippen molar-refractivity contribution in [2.75, 3.05) is 12.4 Å². The largest absolute Gasteiger partial charge is 0.497 e. The number of hydrogen-bond acceptors (Lipinski definition) is 4. The van der Waals surface area contributed by atoms with Gasteiger partial charge in [0.25, 0.3) is 0 Å². The van der Waals surface area contributed by atoms with E-state index in [0.717, 1.165) is 23.1 Å². The van der Waals surface area contributed by atoms with E-state index in [9.17, 15) is 18.0 Å². The Hall–Kier alpha value is -3.30. The number of anilines is 1. The fourth-order valence-electron chi connectivity index (χ4n) is 3.26. The Kier molecular flexibility index (Phi) is 6.37. The van der Waals surface area contributed by atoms with Gasteiger partial charge in [-0.15, -0.1) is 0 Å². The van der Waals surface area contributed by atoms with Gasteiger partial charge in [0.15, 0.2) is 5.69 Å². The zero-order valence-corrected chi connectivity index (χ0v) is 17.7. The molecule has 0 fully saturated rings. The number of nitrogens with zero attached hydrogens (tertiary/aromatic N) is 4. The average molecular weight is 435 g/mol. The second-order valence-electron chi connectivity index (χ2n) is 7.25. The lowest BCUT2D eigenvalue weighted by molar-refractivity contribution is -0.141. The Morgan fingerprint density at radius 2 is 1.87 bits per heavy atom. The van der Waals surface area contributed by atoms with Crippen LogP contribution in [0.2, 0.25) is 0 Å². The summed E-state index contributed by atoms with van der Waals surface area (Å²) >= 11 is 0. The molecule has 1 N–H and O–H groups in total. The fraction of sp³-hybridized carbons (Fsp3) is 0.381. The van der Waals surface area contributed by atoms with Gasteiger partial charge < -0.3 is 10.1 Å². The molecule has 0 saturated heterocycles. The fourth-order valence-corrected chi connectivity index (χ4v) is 3.26. The molecule has 3 rings (SSSR count). The lowest BCUT2D eigenvalue weighted by atomic mass is 10.2. The Morgan fingerprint density at radius 3 is 2.52 bits per heavy atom. The molecule has 0 spiro atoms. The first-order chi connectivity index (χ1) is 14.6. The topological polar surface area (TPSA) is 74.0 Å². The van der Waals surface area contributed by atoms with Gasteiger partial charge >= 0.3 is 6.18 Å². The Bertz CT molecular complexity index is 1090. The molecule has 0 aliphatic rings. The van der Waals surface area contributed by atoms with Crippen molar-refractivity contribution < 1.29 is 22.7 Å². The van der Waals surface area contributed by atoms with Gasteiger partial charge in [-0.3, -0.25) is 14.2 Å². The molecule has 1 aromatic carbocycles. The van der Waals surface area contributed by atoms with E-state index in [-0.39, 0.29) is 18.9 Å². The first-order valence-electron chi connectivity index (χ1n) is 9.67. The quantitative estimate of drug-likeness (QED) is 0.606. The van der Waals surface area contributed by atoms with Crippen LogP contribution < -0.4 is 10.1 Å². The Morgan fingerprint density at radius 1 is 1.13 bits per heavy atom. The van der Waals surface area contributed by atoms with E-state index in [2.05, 4.69) is 15.5 Å². The first kappa shape index (κ1) is 22.4. The van der Waals surface area contributed by atoms with E-state index in [1.807, 2.05) is 31.2 Å². The van der Waals surface area contributed by atoms with E-state index in [4.69, 9.17) is 4.74 Å². The summed E-state index contributed by atoms with van der Waals surface area (Å²) in [5, 5.41) is 10.9. The normalized spacial score (nSPS) is 11.6. The lowest BCUT2D eigenvalue weighted by Gasteiger charge is -2.09. The van der Waals surface area contributed by atoms with E-state index < -0.39 is 11.9 Å². The van der Waals surface area contributed by atoms with E-state index >= 15 is 0 Å². The van der Waals surface area contributed by atoms with Gasteiger partial charge in [-0.2, -0.15) is 23.4 Å². The molecule has 0 atom stereocenters. The minimum Gasteiger partial charge on any atom is -0.497 e. The second-order valence-corrected chi connectivity index (χ2v) is 7.25. The lowest BCUT2D eigenvalue weighted by Crippen LogP contribution is -2.17. The van der Waals surface area contributed by atoms with Gasteiger partial charge in [0.05, 0.1) is 30.7 Å². The number of hydrogen-bond donors (Lipinski definition) is 1. The molecular formula is C21H24F3N5O2. The smallest absolute Gasteiger partial charge is 0.435 e. The maximum absolute atomic E-state index is 12.8. The van der Waals surface area contributed by atoms with Crippen molar-refractivity contribution in [3.63, 3.8) is 0 Å². The molecule has 0 saturated carbocycles. The van der Waals surface area contributed by atoms with Crippen molar-refractivity contribution in [2.45, 2.75) is 46.5 Å². The number of aryl methyl sites for hydroxylation is 3. The summed E-state index contributed by atoms with van der Waals surface area (Å²) in [5.41, 5.74) is 2.42.